The van der Waals surface area contributed by atoms with E-state index in [-0.39, 0.29) is 18.0 Å². The fraction of sp³-hybridized carbons (Fsp3) is 0.600. The molecule has 16 heteroatoms. The number of rotatable bonds is 9. The van der Waals surface area contributed by atoms with E-state index < -0.39 is 59.7 Å². The number of aliphatic hydroxyl groups excluding tert-OH is 2. The third kappa shape index (κ3) is 5.18. The van der Waals surface area contributed by atoms with Gasteiger partial charge in [0.15, 0.2) is 17.7 Å². The lowest BCUT2D eigenvalue weighted by Gasteiger charge is -2.17. The van der Waals surface area contributed by atoms with E-state index in [2.05, 4.69) is 15.0 Å². The molecule has 0 bridgehead atoms. The molecular weight excluding hydrogens is 475 g/mol. The number of anilines is 1. The Bertz CT molecular complexity index is 998. The van der Waals surface area contributed by atoms with Crippen LogP contribution in [0.1, 0.15) is 12.6 Å². The molecule has 0 aromatic carbocycles. The van der Waals surface area contributed by atoms with E-state index in [1.54, 1.807) is 0 Å². The first-order chi connectivity index (χ1) is 14.5. The Balaban J connectivity index is 1.64. The highest BCUT2D eigenvalue weighted by atomic mass is 35.5. The summed E-state index contributed by atoms with van der Waals surface area (Å²) in [5, 5.41) is 20.0. The van der Waals surface area contributed by atoms with Gasteiger partial charge < -0.3 is 26.4 Å². The third-order valence-electron chi connectivity index (χ3n) is 4.81. The molecule has 2 unspecified atom stereocenters. The fourth-order valence-electron chi connectivity index (χ4n) is 2.94. The summed E-state index contributed by atoms with van der Waals surface area (Å²) in [5.74, 6) is 0.290. The Morgan fingerprint density at radius 1 is 1.42 bits per heavy atom. The maximum atomic E-state index is 12.5. The minimum atomic E-state index is -4.11. The molecule has 0 saturated carbocycles. The van der Waals surface area contributed by atoms with E-state index in [1.807, 2.05) is 0 Å². The monoisotopic (exact) mass is 497 g/mol. The van der Waals surface area contributed by atoms with Gasteiger partial charge in [-0.1, -0.05) is 0 Å². The number of fused-ring (bicyclic) bond motifs is 1. The Kier molecular flexibility index (Phi) is 7.56. The predicted octanol–water partition coefficient (Wildman–Crippen LogP) is -1.12. The Hall–Kier alpha value is -1.35. The molecule has 7 N–H and O–H groups in total. The van der Waals surface area contributed by atoms with Gasteiger partial charge in [0.1, 0.15) is 42.2 Å². The summed E-state index contributed by atoms with van der Waals surface area (Å²) >= 11 is 5.29. The van der Waals surface area contributed by atoms with Crippen molar-refractivity contribution in [1.29, 1.82) is 0 Å². The molecule has 3 rings (SSSR count). The average molecular weight is 498 g/mol. The van der Waals surface area contributed by atoms with Crippen LogP contribution < -0.4 is 11.5 Å². The van der Waals surface area contributed by atoms with Crippen molar-refractivity contribution in [3.63, 3.8) is 0 Å². The van der Waals surface area contributed by atoms with Crippen molar-refractivity contribution in [2.75, 3.05) is 24.3 Å². The molecule has 13 nitrogen and oxygen atoms in total. The van der Waals surface area contributed by atoms with Crippen LogP contribution in [0.25, 0.3) is 11.2 Å². The molecule has 1 fully saturated rings. The van der Waals surface area contributed by atoms with Gasteiger partial charge in [0.2, 0.25) is 5.24 Å². The highest BCUT2D eigenvalue weighted by Crippen LogP contribution is 2.50. The molecule has 0 amide bonds. The van der Waals surface area contributed by atoms with Crippen molar-refractivity contribution in [1.82, 2.24) is 19.5 Å². The lowest BCUT2D eigenvalue weighted by molar-refractivity contribution is -0.112. The highest BCUT2D eigenvalue weighted by Gasteiger charge is 2.47. The minimum Gasteiger partial charge on any atom is -0.387 e. The molecule has 1 aliphatic heterocycles. The van der Waals surface area contributed by atoms with Crippen molar-refractivity contribution >= 4 is 51.1 Å². The van der Waals surface area contributed by atoms with Crippen LogP contribution in [0.4, 0.5) is 5.82 Å². The number of hydrogen-bond donors (Lipinski definition) is 5. The zero-order valence-electron chi connectivity index (χ0n) is 16.3. The molecule has 0 spiro atoms. The summed E-state index contributed by atoms with van der Waals surface area (Å²) in [7, 11) is -1.14. The van der Waals surface area contributed by atoms with E-state index in [0.717, 1.165) is 0 Å². The topological polar surface area (TPSA) is 209 Å². The van der Waals surface area contributed by atoms with Crippen LogP contribution in [0.2, 0.25) is 0 Å². The van der Waals surface area contributed by atoms with E-state index in [0.29, 0.717) is 11.2 Å². The number of aromatic nitrogens is 4. The van der Waals surface area contributed by atoms with Crippen LogP contribution >= 0.6 is 18.4 Å². The van der Waals surface area contributed by atoms with Crippen LogP contribution in [0.5, 0.6) is 0 Å². The number of aliphatic hydroxyl groups is 2. The first-order valence-electron chi connectivity index (χ1n) is 9.03. The van der Waals surface area contributed by atoms with Crippen LogP contribution in [-0.4, -0.2) is 82.8 Å². The summed E-state index contributed by atoms with van der Waals surface area (Å²) in [6.07, 6.45) is -0.774. The highest BCUT2D eigenvalue weighted by molar-refractivity contribution is 8.51. The molecule has 0 radical (unpaired) electrons. The molecule has 1 aliphatic rings. The second kappa shape index (κ2) is 9.65. The Morgan fingerprint density at radius 3 is 2.81 bits per heavy atom. The van der Waals surface area contributed by atoms with Gasteiger partial charge in [-0.25, -0.2) is 19.5 Å². The predicted molar refractivity (Wildman–Crippen MR) is 113 cm³/mol. The lowest BCUT2D eigenvalue weighted by atomic mass is 10.1. The second-order valence-electron chi connectivity index (χ2n) is 6.90. The van der Waals surface area contributed by atoms with Crippen LogP contribution in [-0.2, 0) is 29.1 Å². The number of nitrogens with two attached hydrogens (primary N) is 2. The van der Waals surface area contributed by atoms with E-state index >= 15 is 0 Å². The van der Waals surface area contributed by atoms with Crippen LogP contribution in [0, 0.1) is 0 Å². The minimum absolute atomic E-state index is 0.123. The first kappa shape index (κ1) is 24.3. The molecule has 0 aliphatic carbocycles. The summed E-state index contributed by atoms with van der Waals surface area (Å²) < 4.78 is 24.7. The number of ether oxygens (including phenoxy) is 1. The van der Waals surface area contributed by atoms with E-state index in [1.165, 1.54) is 23.5 Å². The van der Waals surface area contributed by atoms with Gasteiger partial charge in [0.05, 0.1) is 29.5 Å². The van der Waals surface area contributed by atoms with Crippen molar-refractivity contribution < 1.29 is 33.7 Å². The van der Waals surface area contributed by atoms with Gasteiger partial charge in [-0.3, -0.25) is 18.8 Å². The van der Waals surface area contributed by atoms with E-state index in [4.69, 9.17) is 32.3 Å². The first-order valence-corrected chi connectivity index (χ1v) is 13.4. The smallest absolute Gasteiger partial charge is 0.387 e. The van der Waals surface area contributed by atoms with Gasteiger partial charge in [-0.05, 0) is 11.6 Å². The fourth-order valence-corrected chi connectivity index (χ4v) is 6.12. The largest absolute Gasteiger partial charge is 0.538 e. The van der Waals surface area contributed by atoms with Gasteiger partial charge >= 0.3 is 6.80 Å². The quantitative estimate of drug-likeness (QED) is 0.158. The SMILES string of the molecule is C[S+](CC[C@H](N)C(=O)Cl)P(=O)(O)OC[C@H]1O[C@@H](n2cnc3c(N)ncnc32)[C@H](O)[C@@H]1O. The molecule has 3 heterocycles. The normalized spacial score (nSPS) is 27.8. The Morgan fingerprint density at radius 2 is 2.13 bits per heavy atom. The molecule has 172 valence electrons. The van der Waals surface area contributed by atoms with Gasteiger partial charge in [-0.2, -0.15) is 0 Å². The number of nitrogen functional groups attached to an aromatic ring is 1. The van der Waals surface area contributed by atoms with Gasteiger partial charge in [-0.15, -0.1) is 0 Å². The maximum Gasteiger partial charge on any atom is 0.538 e. The summed E-state index contributed by atoms with van der Waals surface area (Å²) in [4.78, 5) is 33.2. The zero-order chi connectivity index (χ0) is 22.9. The Labute approximate surface area is 184 Å². The summed E-state index contributed by atoms with van der Waals surface area (Å²) in [5.41, 5.74) is 11.9. The van der Waals surface area contributed by atoms with Gasteiger partial charge in [0, 0.05) is 6.42 Å². The van der Waals surface area contributed by atoms with Crippen molar-refractivity contribution in [3.8, 4) is 0 Å². The molecule has 31 heavy (non-hydrogen) atoms. The second-order valence-corrected chi connectivity index (χ2v) is 13.3. The molecule has 7 atom stereocenters. The average Bonchev–Trinajstić information content (AvgIpc) is 3.27. The van der Waals surface area contributed by atoms with E-state index in [9.17, 15) is 24.5 Å². The number of carbonyl (C=O) groups excluding carboxylic acids is 1. The third-order valence-corrected chi connectivity index (χ3v) is 10.4. The number of halogens is 1. The standard InChI is InChI=1S/C15H22ClN6O7PS/c1-31(3-2-7(17)12(16)25)30(26,27)28-4-8-10(23)11(24)15(29-8)22-6-21-9-13(18)19-5-20-14(9)22/h5-8,10-11,15,23-24H,2-4,17H2,1H3,(H2-,18,19,20,26,27)/p+1/t7-,8+,10+,11+,15+,31?/m0/s1. The summed E-state index contributed by atoms with van der Waals surface area (Å²) in [6.45, 7) is -4.56. The molecule has 1 saturated heterocycles. The van der Waals surface area contributed by atoms with Gasteiger partial charge in [0.25, 0.3) is 0 Å². The maximum absolute atomic E-state index is 12.5. The zero-order valence-corrected chi connectivity index (χ0v) is 18.8. The van der Waals surface area contributed by atoms with Crippen LogP contribution in [0.15, 0.2) is 12.7 Å². The number of nitrogens with zero attached hydrogens (tertiary/aromatic N) is 4. The molecule has 2 aromatic rings. The number of imidazole rings is 1. The molecule has 2 aromatic heterocycles. The number of hydrogen-bond acceptors (Lipinski definition) is 11. The van der Waals surface area contributed by atoms with Crippen molar-refractivity contribution in [3.05, 3.63) is 12.7 Å². The molecular formula is C15H23ClN6O7PS+. The number of carbonyl (C=O) groups is 1. The van der Waals surface area contributed by atoms with Crippen molar-refractivity contribution in [2.24, 2.45) is 5.73 Å². The summed E-state index contributed by atoms with van der Waals surface area (Å²) in [6, 6.07) is -0.935. The van der Waals surface area contributed by atoms with Crippen molar-refractivity contribution in [2.45, 2.75) is 37.0 Å². The van der Waals surface area contributed by atoms with Crippen LogP contribution in [0.3, 0.4) is 0 Å². The lowest BCUT2D eigenvalue weighted by Crippen LogP contribution is -2.34.